The lowest BCUT2D eigenvalue weighted by atomic mass is 10.1. The van der Waals surface area contributed by atoms with Crippen molar-refractivity contribution in [2.75, 3.05) is 11.5 Å². The zero-order valence-corrected chi connectivity index (χ0v) is 12.4. The standard InChI is InChI=1S/C12H13BrN2O3S/c13-11-3-1-2-9(6-11)7-14-15-12(16)10-4-5-19(17,18)8-10/h1-3,6-7,10H,4-5,8H2,(H,15,16)/b14-7-/t10-/m1/s1. The molecular weight excluding hydrogens is 332 g/mol. The molecule has 0 aliphatic carbocycles. The van der Waals surface area contributed by atoms with E-state index in [-0.39, 0.29) is 17.4 Å². The molecule has 0 spiro atoms. The van der Waals surface area contributed by atoms with Gasteiger partial charge in [-0.2, -0.15) is 5.10 Å². The Kier molecular flexibility index (Phi) is 4.36. The van der Waals surface area contributed by atoms with Gasteiger partial charge in [-0.15, -0.1) is 0 Å². The normalized spacial score (nSPS) is 21.6. The van der Waals surface area contributed by atoms with E-state index in [0.717, 1.165) is 10.0 Å². The van der Waals surface area contributed by atoms with Gasteiger partial charge in [0.25, 0.3) is 0 Å². The molecule has 1 aliphatic heterocycles. The maximum absolute atomic E-state index is 11.7. The molecule has 102 valence electrons. The molecule has 1 fully saturated rings. The Labute approximate surface area is 120 Å². The van der Waals surface area contributed by atoms with Crippen molar-refractivity contribution >= 4 is 37.9 Å². The number of carbonyl (C=O) groups is 1. The molecule has 0 unspecified atom stereocenters. The number of nitrogens with one attached hydrogen (secondary N) is 1. The highest BCUT2D eigenvalue weighted by Crippen LogP contribution is 2.18. The summed E-state index contributed by atoms with van der Waals surface area (Å²) in [6.07, 6.45) is 1.90. The van der Waals surface area contributed by atoms with Crippen LogP contribution in [-0.4, -0.2) is 32.0 Å². The van der Waals surface area contributed by atoms with Crippen molar-refractivity contribution < 1.29 is 13.2 Å². The molecule has 1 saturated heterocycles. The fourth-order valence-corrected chi connectivity index (χ4v) is 4.01. The first-order valence-electron chi connectivity index (χ1n) is 5.75. The lowest BCUT2D eigenvalue weighted by molar-refractivity contribution is -0.124. The lowest BCUT2D eigenvalue weighted by Crippen LogP contribution is -2.27. The average Bonchev–Trinajstić information content (AvgIpc) is 2.70. The van der Waals surface area contributed by atoms with Gasteiger partial charge in [0.1, 0.15) is 0 Å². The highest BCUT2D eigenvalue weighted by molar-refractivity contribution is 9.10. The third-order valence-electron chi connectivity index (χ3n) is 2.84. The van der Waals surface area contributed by atoms with Crippen LogP contribution in [0.15, 0.2) is 33.8 Å². The summed E-state index contributed by atoms with van der Waals surface area (Å²) < 4.78 is 23.4. The van der Waals surface area contributed by atoms with Crippen molar-refractivity contribution in [1.29, 1.82) is 0 Å². The zero-order chi connectivity index (χ0) is 13.9. The van der Waals surface area contributed by atoms with E-state index in [2.05, 4.69) is 26.5 Å². The summed E-state index contributed by atoms with van der Waals surface area (Å²) in [6, 6.07) is 7.45. The molecule has 7 heteroatoms. The number of sulfone groups is 1. The Morgan fingerprint density at radius 2 is 2.26 bits per heavy atom. The first-order valence-corrected chi connectivity index (χ1v) is 8.37. The average molecular weight is 345 g/mol. The molecule has 2 rings (SSSR count). The van der Waals surface area contributed by atoms with Crippen LogP contribution in [-0.2, 0) is 14.6 Å². The fraction of sp³-hybridized carbons (Fsp3) is 0.333. The van der Waals surface area contributed by atoms with E-state index in [4.69, 9.17) is 0 Å². The van der Waals surface area contributed by atoms with Crippen molar-refractivity contribution in [3.8, 4) is 0 Å². The number of halogens is 1. The van der Waals surface area contributed by atoms with Crippen molar-refractivity contribution in [1.82, 2.24) is 5.43 Å². The zero-order valence-electron chi connectivity index (χ0n) is 10.0. The van der Waals surface area contributed by atoms with E-state index >= 15 is 0 Å². The largest absolute Gasteiger partial charge is 0.273 e. The molecule has 0 saturated carbocycles. The van der Waals surface area contributed by atoms with Crippen LogP contribution in [0.25, 0.3) is 0 Å². The van der Waals surface area contributed by atoms with Gasteiger partial charge in [-0.05, 0) is 24.1 Å². The maximum atomic E-state index is 11.7. The van der Waals surface area contributed by atoms with Crippen LogP contribution in [0.3, 0.4) is 0 Å². The monoisotopic (exact) mass is 344 g/mol. The number of rotatable bonds is 3. The fourth-order valence-electron chi connectivity index (χ4n) is 1.85. The number of amides is 1. The van der Waals surface area contributed by atoms with Crippen molar-refractivity contribution in [2.24, 2.45) is 11.0 Å². The topological polar surface area (TPSA) is 75.6 Å². The molecule has 19 heavy (non-hydrogen) atoms. The third-order valence-corrected chi connectivity index (χ3v) is 5.10. The first kappa shape index (κ1) is 14.2. The molecular formula is C12H13BrN2O3S. The Hall–Kier alpha value is -1.21. The molecule has 1 heterocycles. The SMILES string of the molecule is O=C(N/N=C\c1cccc(Br)c1)[C@@H]1CCS(=O)(=O)C1. The van der Waals surface area contributed by atoms with Gasteiger partial charge in [-0.1, -0.05) is 28.1 Å². The molecule has 1 amide bonds. The quantitative estimate of drug-likeness (QED) is 0.663. The number of hydrogen-bond acceptors (Lipinski definition) is 4. The minimum absolute atomic E-state index is 0.0781. The van der Waals surface area contributed by atoms with E-state index < -0.39 is 15.8 Å². The molecule has 1 N–H and O–H groups in total. The summed E-state index contributed by atoms with van der Waals surface area (Å²) in [7, 11) is -3.04. The van der Waals surface area contributed by atoms with Gasteiger partial charge in [0, 0.05) is 4.47 Å². The van der Waals surface area contributed by atoms with Crippen LogP contribution in [0.4, 0.5) is 0 Å². The molecule has 5 nitrogen and oxygen atoms in total. The minimum Gasteiger partial charge on any atom is -0.273 e. The van der Waals surface area contributed by atoms with E-state index in [1.165, 1.54) is 6.21 Å². The van der Waals surface area contributed by atoms with Crippen LogP contribution in [0.5, 0.6) is 0 Å². The van der Waals surface area contributed by atoms with Crippen LogP contribution in [0.2, 0.25) is 0 Å². The van der Waals surface area contributed by atoms with Crippen LogP contribution in [0.1, 0.15) is 12.0 Å². The maximum Gasteiger partial charge on any atom is 0.244 e. The first-order chi connectivity index (χ1) is 8.96. The van der Waals surface area contributed by atoms with Gasteiger partial charge < -0.3 is 0 Å². The summed E-state index contributed by atoms with van der Waals surface area (Å²) in [5.41, 5.74) is 3.22. The Morgan fingerprint density at radius 1 is 1.47 bits per heavy atom. The van der Waals surface area contributed by atoms with E-state index in [9.17, 15) is 13.2 Å². The van der Waals surface area contributed by atoms with Gasteiger partial charge >= 0.3 is 0 Å². The smallest absolute Gasteiger partial charge is 0.244 e. The summed E-state index contributed by atoms with van der Waals surface area (Å²) in [4.78, 5) is 11.7. The number of nitrogens with zero attached hydrogens (tertiary/aromatic N) is 1. The molecule has 1 atom stereocenters. The molecule has 0 bridgehead atoms. The molecule has 0 radical (unpaired) electrons. The molecule has 1 aromatic carbocycles. The predicted molar refractivity (Wildman–Crippen MR) is 76.6 cm³/mol. The number of carbonyl (C=O) groups excluding carboxylic acids is 1. The molecule has 1 aromatic rings. The van der Waals surface area contributed by atoms with Crippen LogP contribution < -0.4 is 5.43 Å². The van der Waals surface area contributed by atoms with Crippen molar-refractivity contribution in [2.45, 2.75) is 6.42 Å². The van der Waals surface area contributed by atoms with Crippen molar-refractivity contribution in [3.05, 3.63) is 34.3 Å². The van der Waals surface area contributed by atoms with Crippen molar-refractivity contribution in [3.63, 3.8) is 0 Å². The third kappa shape index (κ3) is 4.14. The summed E-state index contributed by atoms with van der Waals surface area (Å²) in [5.74, 6) is -0.817. The number of hydrogen-bond donors (Lipinski definition) is 1. The highest BCUT2D eigenvalue weighted by Gasteiger charge is 2.32. The lowest BCUT2D eigenvalue weighted by Gasteiger charge is -2.04. The van der Waals surface area contributed by atoms with E-state index in [0.29, 0.717) is 6.42 Å². The van der Waals surface area contributed by atoms with Gasteiger partial charge in [-0.3, -0.25) is 4.79 Å². The van der Waals surface area contributed by atoms with Crippen LogP contribution >= 0.6 is 15.9 Å². The predicted octanol–water partition coefficient (Wildman–Crippen LogP) is 1.33. The number of hydrazone groups is 1. The molecule has 0 aromatic heterocycles. The van der Waals surface area contributed by atoms with Gasteiger partial charge in [0.05, 0.1) is 23.6 Å². The van der Waals surface area contributed by atoms with Crippen LogP contribution in [0, 0.1) is 5.92 Å². The molecule has 1 aliphatic rings. The summed E-state index contributed by atoms with van der Waals surface area (Å²) in [5, 5.41) is 3.83. The second kappa shape index (κ2) is 5.83. The van der Waals surface area contributed by atoms with Gasteiger partial charge in [0.15, 0.2) is 9.84 Å². The Bertz CT molecular complexity index is 613. The minimum atomic E-state index is -3.04. The Morgan fingerprint density at radius 3 is 2.89 bits per heavy atom. The summed E-state index contributed by atoms with van der Waals surface area (Å²) >= 11 is 3.33. The van der Waals surface area contributed by atoms with E-state index in [1.807, 2.05) is 24.3 Å². The summed E-state index contributed by atoms with van der Waals surface area (Å²) in [6.45, 7) is 0. The van der Waals surface area contributed by atoms with Gasteiger partial charge in [0.2, 0.25) is 5.91 Å². The van der Waals surface area contributed by atoms with E-state index in [1.54, 1.807) is 0 Å². The second-order valence-corrected chi connectivity index (χ2v) is 7.53. The highest BCUT2D eigenvalue weighted by atomic mass is 79.9. The number of benzene rings is 1. The second-order valence-electron chi connectivity index (χ2n) is 4.39. The Balaban J connectivity index is 1.91. The van der Waals surface area contributed by atoms with Gasteiger partial charge in [-0.25, -0.2) is 13.8 Å².